The van der Waals surface area contributed by atoms with E-state index in [-0.39, 0.29) is 18.3 Å². The Balaban J connectivity index is 2.33. The molecule has 2 rings (SSSR count). The van der Waals surface area contributed by atoms with Crippen molar-refractivity contribution in [2.75, 3.05) is 13.7 Å². The fraction of sp³-hybridized carbons (Fsp3) is 0.429. The summed E-state index contributed by atoms with van der Waals surface area (Å²) in [7, 11) is 1.61. The highest BCUT2D eigenvalue weighted by atomic mass is 35.5. The molecular formula is C14H18ClN3O2. The highest BCUT2D eigenvalue weighted by molar-refractivity contribution is 6.16. The summed E-state index contributed by atoms with van der Waals surface area (Å²) in [5.41, 5.74) is 1.66. The lowest BCUT2D eigenvalue weighted by atomic mass is 10.3. The van der Waals surface area contributed by atoms with Crippen molar-refractivity contribution in [3.8, 4) is 5.75 Å². The van der Waals surface area contributed by atoms with Gasteiger partial charge in [0, 0.05) is 12.6 Å². The number of benzene rings is 1. The zero-order chi connectivity index (χ0) is 14.5. The first-order chi connectivity index (χ1) is 9.69. The molecule has 1 aromatic heterocycles. The second-order valence-electron chi connectivity index (χ2n) is 4.45. The second kappa shape index (κ2) is 6.61. The number of carbonyl (C=O) groups excluding carboxylic acids is 1. The Morgan fingerprint density at radius 2 is 2.30 bits per heavy atom. The number of imidazole rings is 1. The van der Waals surface area contributed by atoms with Crippen molar-refractivity contribution in [3.05, 3.63) is 24.0 Å². The number of amides is 1. The topological polar surface area (TPSA) is 56.2 Å². The van der Waals surface area contributed by atoms with Crippen molar-refractivity contribution in [2.24, 2.45) is 0 Å². The molecule has 0 saturated heterocycles. The highest BCUT2D eigenvalue weighted by Crippen LogP contribution is 2.22. The molecule has 0 aliphatic carbocycles. The molecule has 0 aliphatic rings. The molecule has 1 aromatic carbocycles. The van der Waals surface area contributed by atoms with Crippen LogP contribution < -0.4 is 10.1 Å². The predicted molar refractivity (Wildman–Crippen MR) is 79.1 cm³/mol. The van der Waals surface area contributed by atoms with Gasteiger partial charge in [0.1, 0.15) is 18.1 Å². The van der Waals surface area contributed by atoms with Crippen LogP contribution in [0.25, 0.3) is 11.0 Å². The first-order valence-electron chi connectivity index (χ1n) is 6.55. The normalized spacial score (nSPS) is 10.8. The zero-order valence-corrected chi connectivity index (χ0v) is 12.4. The molecule has 6 heteroatoms. The summed E-state index contributed by atoms with van der Waals surface area (Å²) in [5.74, 6) is 1.64. The van der Waals surface area contributed by atoms with E-state index in [4.69, 9.17) is 16.3 Å². The summed E-state index contributed by atoms with van der Waals surface area (Å²) in [5, 5.41) is 2.85. The average Bonchev–Trinajstić information content (AvgIpc) is 2.82. The molecule has 0 bridgehead atoms. The minimum absolute atomic E-state index is 0.0339. The van der Waals surface area contributed by atoms with E-state index in [1.165, 1.54) is 0 Å². The summed E-state index contributed by atoms with van der Waals surface area (Å²) in [4.78, 5) is 16.3. The van der Waals surface area contributed by atoms with Crippen molar-refractivity contribution in [3.63, 3.8) is 0 Å². The Morgan fingerprint density at radius 1 is 1.50 bits per heavy atom. The molecule has 1 amide bonds. The third-order valence-corrected chi connectivity index (χ3v) is 3.27. The number of halogens is 1. The second-order valence-corrected chi connectivity index (χ2v) is 4.72. The van der Waals surface area contributed by atoms with E-state index in [0.29, 0.717) is 12.4 Å². The molecule has 0 radical (unpaired) electrons. The van der Waals surface area contributed by atoms with Crippen LogP contribution in [0.4, 0.5) is 0 Å². The molecule has 20 heavy (non-hydrogen) atoms. The van der Waals surface area contributed by atoms with Crippen LogP contribution in [-0.4, -0.2) is 29.1 Å². The Morgan fingerprint density at radius 3 is 2.95 bits per heavy atom. The molecule has 0 spiro atoms. The minimum atomic E-state index is -0.0339. The Hall–Kier alpha value is -1.75. The molecule has 0 saturated carbocycles. The van der Waals surface area contributed by atoms with Gasteiger partial charge in [-0.1, -0.05) is 6.92 Å². The number of hydrogen-bond acceptors (Lipinski definition) is 3. The van der Waals surface area contributed by atoms with Crippen LogP contribution >= 0.6 is 11.6 Å². The maximum Gasteiger partial charge on any atom is 0.240 e. The van der Waals surface area contributed by atoms with Gasteiger partial charge in [0.05, 0.1) is 24.0 Å². The quantitative estimate of drug-likeness (QED) is 0.832. The van der Waals surface area contributed by atoms with Gasteiger partial charge in [-0.05, 0) is 18.6 Å². The van der Waals surface area contributed by atoms with Crippen LogP contribution in [0.15, 0.2) is 18.2 Å². The summed E-state index contributed by atoms with van der Waals surface area (Å²) >= 11 is 5.92. The number of nitrogens with zero attached hydrogens (tertiary/aromatic N) is 2. The van der Waals surface area contributed by atoms with Gasteiger partial charge < -0.3 is 14.6 Å². The SMILES string of the molecule is CCCNC(=O)Cn1c(CCl)nc2cc(OC)ccc21. The van der Waals surface area contributed by atoms with E-state index in [0.717, 1.165) is 23.2 Å². The lowest BCUT2D eigenvalue weighted by Crippen LogP contribution is -2.28. The summed E-state index contributed by atoms with van der Waals surface area (Å²) in [6, 6.07) is 5.58. The van der Waals surface area contributed by atoms with Crippen LogP contribution in [0.1, 0.15) is 19.2 Å². The number of rotatable bonds is 6. The van der Waals surface area contributed by atoms with Crippen molar-refractivity contribution in [2.45, 2.75) is 25.8 Å². The fourth-order valence-electron chi connectivity index (χ4n) is 2.03. The van der Waals surface area contributed by atoms with Gasteiger partial charge in [0.2, 0.25) is 5.91 Å². The zero-order valence-electron chi connectivity index (χ0n) is 11.6. The summed E-state index contributed by atoms with van der Waals surface area (Å²) in [6.07, 6.45) is 0.913. The van der Waals surface area contributed by atoms with Crippen LogP contribution in [0.3, 0.4) is 0 Å². The van der Waals surface area contributed by atoms with E-state index >= 15 is 0 Å². The van der Waals surface area contributed by atoms with Crippen LogP contribution in [0.5, 0.6) is 5.75 Å². The molecule has 0 aliphatic heterocycles. The van der Waals surface area contributed by atoms with Crippen molar-refractivity contribution < 1.29 is 9.53 Å². The van der Waals surface area contributed by atoms with Gasteiger partial charge in [-0.15, -0.1) is 11.6 Å². The number of carbonyl (C=O) groups is 1. The molecule has 0 atom stereocenters. The largest absolute Gasteiger partial charge is 0.497 e. The maximum absolute atomic E-state index is 11.9. The maximum atomic E-state index is 11.9. The van der Waals surface area contributed by atoms with Crippen LogP contribution in [0.2, 0.25) is 0 Å². The van der Waals surface area contributed by atoms with Crippen molar-refractivity contribution >= 4 is 28.5 Å². The summed E-state index contributed by atoms with van der Waals surface area (Å²) < 4.78 is 7.02. The molecular weight excluding hydrogens is 278 g/mol. The number of fused-ring (bicyclic) bond motifs is 1. The Bertz CT molecular complexity index is 610. The third kappa shape index (κ3) is 3.04. The van der Waals surface area contributed by atoms with Crippen molar-refractivity contribution in [1.29, 1.82) is 0 Å². The fourth-order valence-corrected chi connectivity index (χ4v) is 2.23. The van der Waals surface area contributed by atoms with Gasteiger partial charge in [-0.2, -0.15) is 0 Å². The van der Waals surface area contributed by atoms with E-state index in [1.54, 1.807) is 7.11 Å². The van der Waals surface area contributed by atoms with E-state index < -0.39 is 0 Å². The molecule has 0 unspecified atom stereocenters. The van der Waals surface area contributed by atoms with Gasteiger partial charge in [0.15, 0.2) is 0 Å². The number of alkyl halides is 1. The molecule has 0 fully saturated rings. The number of hydrogen-bond donors (Lipinski definition) is 1. The number of nitrogens with one attached hydrogen (secondary N) is 1. The molecule has 1 N–H and O–H groups in total. The Labute approximate surface area is 122 Å². The number of aromatic nitrogens is 2. The summed E-state index contributed by atoms with van der Waals surface area (Å²) in [6.45, 7) is 2.92. The third-order valence-electron chi connectivity index (χ3n) is 3.03. The van der Waals surface area contributed by atoms with E-state index in [1.807, 2.05) is 29.7 Å². The first-order valence-corrected chi connectivity index (χ1v) is 7.08. The molecule has 1 heterocycles. The highest BCUT2D eigenvalue weighted by Gasteiger charge is 2.13. The molecule has 108 valence electrons. The minimum Gasteiger partial charge on any atom is -0.497 e. The average molecular weight is 296 g/mol. The standard InChI is InChI=1S/C14H18ClN3O2/c1-3-6-16-14(19)9-18-12-5-4-10(20-2)7-11(12)17-13(18)8-15/h4-5,7H,3,6,8-9H2,1-2H3,(H,16,19). The van der Waals surface area contributed by atoms with E-state index in [2.05, 4.69) is 10.3 Å². The smallest absolute Gasteiger partial charge is 0.240 e. The molecule has 2 aromatic rings. The van der Waals surface area contributed by atoms with Crippen molar-refractivity contribution in [1.82, 2.24) is 14.9 Å². The van der Waals surface area contributed by atoms with Gasteiger partial charge >= 0.3 is 0 Å². The predicted octanol–water partition coefficient (Wildman–Crippen LogP) is 2.31. The van der Waals surface area contributed by atoms with Crippen LogP contribution in [-0.2, 0) is 17.2 Å². The number of methoxy groups -OCH3 is 1. The van der Waals surface area contributed by atoms with Gasteiger partial charge in [-0.3, -0.25) is 4.79 Å². The van der Waals surface area contributed by atoms with Crippen LogP contribution in [0, 0.1) is 0 Å². The lowest BCUT2D eigenvalue weighted by Gasteiger charge is -2.08. The number of ether oxygens (including phenoxy) is 1. The molecule has 5 nitrogen and oxygen atoms in total. The first kappa shape index (κ1) is 14.7. The Kier molecular flexibility index (Phi) is 4.84. The van der Waals surface area contributed by atoms with Gasteiger partial charge in [-0.25, -0.2) is 4.98 Å². The van der Waals surface area contributed by atoms with E-state index in [9.17, 15) is 4.79 Å². The van der Waals surface area contributed by atoms with Gasteiger partial charge in [0.25, 0.3) is 0 Å². The monoisotopic (exact) mass is 295 g/mol. The lowest BCUT2D eigenvalue weighted by molar-refractivity contribution is -0.121.